The van der Waals surface area contributed by atoms with Gasteiger partial charge in [-0.05, 0) is 37.7 Å². The van der Waals surface area contributed by atoms with Gasteiger partial charge in [0.15, 0.2) is 5.82 Å². The molecule has 29 heavy (non-hydrogen) atoms. The fourth-order valence-corrected chi connectivity index (χ4v) is 4.71. The number of amides is 1. The molecular formula is C22H30N4O3. The summed E-state index contributed by atoms with van der Waals surface area (Å²) in [7, 11) is 1.67. The van der Waals surface area contributed by atoms with Crippen LogP contribution < -0.4 is 10.9 Å². The number of carbonyl (C=O) groups is 1. The first-order chi connectivity index (χ1) is 14.1. The smallest absolute Gasteiger partial charge is 0.252 e. The number of nitrogens with one attached hydrogen (secondary N) is 1. The fraction of sp³-hybridized carbons (Fsp3) is 0.636. The molecule has 0 unspecified atom stereocenters. The van der Waals surface area contributed by atoms with E-state index in [1.807, 2.05) is 0 Å². The number of aromatic nitrogens is 3. The molecule has 2 aromatic heterocycles. The van der Waals surface area contributed by atoms with Gasteiger partial charge >= 0.3 is 0 Å². The van der Waals surface area contributed by atoms with Crippen LogP contribution in [0.1, 0.15) is 86.3 Å². The maximum Gasteiger partial charge on any atom is 0.252 e. The zero-order valence-corrected chi connectivity index (χ0v) is 17.2. The summed E-state index contributed by atoms with van der Waals surface area (Å²) in [5.41, 5.74) is -0.469. The standard InChI is InChI=1S/C22H30N4O3/c1-26-13-10-17(15-19(26)27)20(28)24-22(11-6-2-3-7-12-22)21-23-18(29-25-21)14-16-8-4-5-9-16/h10,13,15-16H,2-9,11-12,14H2,1H3,(H,24,28). The summed E-state index contributed by atoms with van der Waals surface area (Å²) in [5.74, 6) is 1.64. The molecule has 7 heteroatoms. The quantitative estimate of drug-likeness (QED) is 0.779. The summed E-state index contributed by atoms with van der Waals surface area (Å²) in [6.45, 7) is 0. The van der Waals surface area contributed by atoms with Gasteiger partial charge in [-0.15, -0.1) is 0 Å². The van der Waals surface area contributed by atoms with Crippen LogP contribution in [0, 0.1) is 5.92 Å². The summed E-state index contributed by atoms with van der Waals surface area (Å²) in [6.07, 6.45) is 13.3. The molecule has 7 nitrogen and oxygen atoms in total. The molecule has 2 fully saturated rings. The number of nitrogens with zero attached hydrogens (tertiary/aromatic N) is 3. The Hall–Kier alpha value is -2.44. The van der Waals surface area contributed by atoms with E-state index in [-0.39, 0.29) is 11.5 Å². The summed E-state index contributed by atoms with van der Waals surface area (Å²) in [6, 6.07) is 3.05. The number of rotatable bonds is 5. The highest BCUT2D eigenvalue weighted by atomic mass is 16.5. The Morgan fingerprint density at radius 2 is 1.93 bits per heavy atom. The van der Waals surface area contributed by atoms with Crippen LogP contribution in [0.4, 0.5) is 0 Å². The second-order valence-corrected chi connectivity index (χ2v) is 8.68. The second-order valence-electron chi connectivity index (χ2n) is 8.68. The van der Waals surface area contributed by atoms with Crippen molar-refractivity contribution < 1.29 is 9.32 Å². The molecule has 156 valence electrons. The van der Waals surface area contributed by atoms with Gasteiger partial charge in [-0.1, -0.05) is 43.7 Å². The van der Waals surface area contributed by atoms with Gasteiger partial charge in [0, 0.05) is 31.3 Å². The lowest BCUT2D eigenvalue weighted by Gasteiger charge is -2.30. The maximum absolute atomic E-state index is 13.0. The summed E-state index contributed by atoms with van der Waals surface area (Å²) in [4.78, 5) is 29.7. The molecule has 2 aromatic rings. The van der Waals surface area contributed by atoms with Crippen molar-refractivity contribution in [2.45, 2.75) is 76.2 Å². The Bertz CT molecular complexity index is 903. The summed E-state index contributed by atoms with van der Waals surface area (Å²) < 4.78 is 7.05. The van der Waals surface area contributed by atoms with Crippen LogP contribution in [0.15, 0.2) is 27.6 Å². The van der Waals surface area contributed by atoms with Crippen molar-refractivity contribution in [1.29, 1.82) is 0 Å². The van der Waals surface area contributed by atoms with Crippen LogP contribution in [0.25, 0.3) is 0 Å². The Kier molecular flexibility index (Phi) is 5.83. The highest BCUT2D eigenvalue weighted by molar-refractivity contribution is 5.94. The number of hydrogen-bond donors (Lipinski definition) is 1. The molecule has 0 bridgehead atoms. The minimum atomic E-state index is -0.633. The van der Waals surface area contributed by atoms with Crippen molar-refractivity contribution in [2.24, 2.45) is 13.0 Å². The zero-order valence-electron chi connectivity index (χ0n) is 17.2. The molecule has 2 heterocycles. The normalized spacial score (nSPS) is 19.8. The number of aryl methyl sites for hydroxylation is 1. The van der Waals surface area contributed by atoms with Gasteiger partial charge in [0.25, 0.3) is 11.5 Å². The van der Waals surface area contributed by atoms with E-state index in [0.717, 1.165) is 44.9 Å². The van der Waals surface area contributed by atoms with E-state index in [9.17, 15) is 9.59 Å². The highest BCUT2D eigenvalue weighted by Gasteiger charge is 2.39. The highest BCUT2D eigenvalue weighted by Crippen LogP contribution is 2.35. The Balaban J connectivity index is 1.58. The van der Waals surface area contributed by atoms with Crippen molar-refractivity contribution in [2.75, 3.05) is 0 Å². The average Bonchev–Trinajstić information content (AvgIpc) is 3.34. The first-order valence-electron chi connectivity index (χ1n) is 10.9. The summed E-state index contributed by atoms with van der Waals surface area (Å²) in [5, 5.41) is 7.49. The van der Waals surface area contributed by atoms with Gasteiger partial charge in [0.2, 0.25) is 5.89 Å². The Morgan fingerprint density at radius 1 is 1.21 bits per heavy atom. The molecule has 2 aliphatic rings. The number of pyridine rings is 1. The zero-order chi connectivity index (χ0) is 20.3. The fourth-order valence-electron chi connectivity index (χ4n) is 4.71. The van der Waals surface area contributed by atoms with Gasteiger partial charge in [0.05, 0.1) is 0 Å². The topological polar surface area (TPSA) is 90.0 Å². The van der Waals surface area contributed by atoms with Crippen molar-refractivity contribution in [3.8, 4) is 0 Å². The third-order valence-corrected chi connectivity index (χ3v) is 6.51. The molecule has 1 N–H and O–H groups in total. The van der Waals surface area contributed by atoms with Crippen molar-refractivity contribution in [3.05, 3.63) is 46.0 Å². The second kappa shape index (κ2) is 8.51. The lowest BCUT2D eigenvalue weighted by Crippen LogP contribution is -2.46. The van der Waals surface area contributed by atoms with Gasteiger partial charge in [0.1, 0.15) is 5.54 Å². The van der Waals surface area contributed by atoms with Gasteiger partial charge in [-0.25, -0.2) is 0 Å². The minimum absolute atomic E-state index is 0.203. The van der Waals surface area contributed by atoms with Crippen LogP contribution in [0.5, 0.6) is 0 Å². The largest absolute Gasteiger partial charge is 0.339 e. The van der Waals surface area contributed by atoms with Gasteiger partial charge in [-0.2, -0.15) is 4.98 Å². The predicted molar refractivity (Wildman–Crippen MR) is 108 cm³/mol. The lowest BCUT2D eigenvalue weighted by atomic mass is 9.88. The number of hydrogen-bond acceptors (Lipinski definition) is 5. The molecule has 0 saturated heterocycles. The molecule has 1 amide bonds. The van der Waals surface area contributed by atoms with Crippen molar-refractivity contribution >= 4 is 5.91 Å². The van der Waals surface area contributed by atoms with E-state index in [4.69, 9.17) is 9.51 Å². The first kappa shape index (κ1) is 19.9. The van der Waals surface area contributed by atoms with E-state index in [1.54, 1.807) is 19.3 Å². The molecule has 2 aliphatic carbocycles. The molecule has 0 radical (unpaired) electrons. The average molecular weight is 399 g/mol. The molecule has 2 saturated carbocycles. The van der Waals surface area contributed by atoms with Crippen LogP contribution in [-0.4, -0.2) is 20.6 Å². The molecule has 0 aliphatic heterocycles. The van der Waals surface area contributed by atoms with Crippen molar-refractivity contribution in [1.82, 2.24) is 20.0 Å². The monoisotopic (exact) mass is 398 g/mol. The lowest BCUT2D eigenvalue weighted by molar-refractivity contribution is 0.0876. The SMILES string of the molecule is Cn1ccc(C(=O)NC2(c3noc(CC4CCCC4)n3)CCCCCC2)cc1=O. The third kappa shape index (κ3) is 4.43. The molecular weight excluding hydrogens is 368 g/mol. The van der Waals surface area contributed by atoms with Crippen LogP contribution in [-0.2, 0) is 19.0 Å². The third-order valence-electron chi connectivity index (χ3n) is 6.51. The molecule has 0 spiro atoms. The van der Waals surface area contributed by atoms with E-state index in [0.29, 0.717) is 23.2 Å². The van der Waals surface area contributed by atoms with Crippen LogP contribution >= 0.6 is 0 Å². The minimum Gasteiger partial charge on any atom is -0.339 e. The Morgan fingerprint density at radius 3 is 2.62 bits per heavy atom. The molecule has 4 rings (SSSR count). The molecule has 0 atom stereocenters. The van der Waals surface area contributed by atoms with Gasteiger partial charge in [-0.3, -0.25) is 9.59 Å². The Labute approximate surface area is 170 Å². The summed E-state index contributed by atoms with van der Waals surface area (Å²) >= 11 is 0. The molecule has 0 aromatic carbocycles. The maximum atomic E-state index is 13.0. The van der Waals surface area contributed by atoms with Crippen molar-refractivity contribution in [3.63, 3.8) is 0 Å². The van der Waals surface area contributed by atoms with Crippen LogP contribution in [0.2, 0.25) is 0 Å². The van der Waals surface area contributed by atoms with E-state index in [2.05, 4.69) is 10.5 Å². The van der Waals surface area contributed by atoms with E-state index < -0.39 is 5.54 Å². The number of carbonyl (C=O) groups excluding carboxylic acids is 1. The predicted octanol–water partition coefficient (Wildman–Crippen LogP) is 3.48. The van der Waals surface area contributed by atoms with Crippen LogP contribution in [0.3, 0.4) is 0 Å². The van der Waals surface area contributed by atoms with Gasteiger partial charge < -0.3 is 14.4 Å². The van der Waals surface area contributed by atoms with E-state index in [1.165, 1.54) is 36.3 Å². The van der Waals surface area contributed by atoms with E-state index >= 15 is 0 Å². The first-order valence-corrected chi connectivity index (χ1v) is 10.9.